The molecule has 0 aliphatic rings. The minimum atomic E-state index is -1.82. The van der Waals surface area contributed by atoms with Crippen molar-refractivity contribution in [2.45, 2.75) is 26.7 Å². The van der Waals surface area contributed by atoms with E-state index in [0.717, 1.165) is 0 Å². The summed E-state index contributed by atoms with van der Waals surface area (Å²) < 4.78 is 0. The number of carboxylic acid groups (broad SMARTS) is 2. The zero-order chi connectivity index (χ0) is 8.57. The molecule has 0 fully saturated rings. The molecule has 0 aromatic carbocycles. The molecular formula is C6H12O4. The largest absolute Gasteiger partial charge is 0.473 e. The van der Waals surface area contributed by atoms with Crippen LogP contribution in [-0.4, -0.2) is 22.2 Å². The van der Waals surface area contributed by atoms with Gasteiger partial charge in [-0.05, 0) is 0 Å². The summed E-state index contributed by atoms with van der Waals surface area (Å²) in [6.45, 7) is 4.36. The number of carboxylic acids is 2. The number of unbranched alkanes of at least 4 members (excludes halogenated alkanes) is 1. The van der Waals surface area contributed by atoms with Crippen molar-refractivity contribution < 1.29 is 19.8 Å². The zero-order valence-electron chi connectivity index (χ0n) is 6.13. The van der Waals surface area contributed by atoms with Crippen molar-refractivity contribution in [2.24, 2.45) is 0 Å². The van der Waals surface area contributed by atoms with Gasteiger partial charge in [-0.1, -0.05) is 26.7 Å². The molecule has 0 radical (unpaired) electrons. The Morgan fingerprint density at radius 3 is 1.20 bits per heavy atom. The van der Waals surface area contributed by atoms with Crippen LogP contribution in [0.15, 0.2) is 0 Å². The average Bonchev–Trinajstić information content (AvgIpc) is 1.89. The molecule has 60 valence electrons. The molecule has 0 saturated carbocycles. The highest BCUT2D eigenvalue weighted by molar-refractivity contribution is 6.27. The summed E-state index contributed by atoms with van der Waals surface area (Å²) in [7, 11) is 0. The van der Waals surface area contributed by atoms with E-state index in [-0.39, 0.29) is 0 Å². The van der Waals surface area contributed by atoms with Crippen molar-refractivity contribution in [2.75, 3.05) is 0 Å². The summed E-state index contributed by atoms with van der Waals surface area (Å²) in [6, 6.07) is 0. The van der Waals surface area contributed by atoms with E-state index in [1.807, 2.05) is 0 Å². The lowest BCUT2D eigenvalue weighted by molar-refractivity contribution is -0.159. The third-order valence-electron chi connectivity index (χ3n) is 0.683. The van der Waals surface area contributed by atoms with E-state index in [2.05, 4.69) is 13.8 Å². The standard InChI is InChI=1S/C4H10.C2H2O4/c1-3-4-2;3-1(4)2(5)6/h3-4H2,1-2H3;(H,3,4)(H,5,6). The van der Waals surface area contributed by atoms with E-state index in [0.29, 0.717) is 0 Å². The van der Waals surface area contributed by atoms with Gasteiger partial charge >= 0.3 is 11.9 Å². The SMILES string of the molecule is CCCC.O=C(O)C(=O)O. The molecule has 0 aromatic rings. The van der Waals surface area contributed by atoms with Crippen molar-refractivity contribution in [3.8, 4) is 0 Å². The average molecular weight is 148 g/mol. The second kappa shape index (κ2) is 7.94. The first-order valence-electron chi connectivity index (χ1n) is 3.02. The van der Waals surface area contributed by atoms with Crippen LogP contribution >= 0.6 is 0 Å². The molecular weight excluding hydrogens is 136 g/mol. The zero-order valence-corrected chi connectivity index (χ0v) is 6.13. The van der Waals surface area contributed by atoms with Crippen molar-refractivity contribution in [1.29, 1.82) is 0 Å². The van der Waals surface area contributed by atoms with Crippen LogP contribution in [0.1, 0.15) is 26.7 Å². The molecule has 0 bridgehead atoms. The van der Waals surface area contributed by atoms with E-state index in [1.165, 1.54) is 12.8 Å². The molecule has 0 aliphatic heterocycles. The first-order valence-corrected chi connectivity index (χ1v) is 3.02. The van der Waals surface area contributed by atoms with E-state index >= 15 is 0 Å². The second-order valence-electron chi connectivity index (χ2n) is 1.61. The molecule has 4 nitrogen and oxygen atoms in total. The van der Waals surface area contributed by atoms with Gasteiger partial charge in [-0.3, -0.25) is 0 Å². The van der Waals surface area contributed by atoms with Gasteiger partial charge in [0.05, 0.1) is 0 Å². The van der Waals surface area contributed by atoms with Gasteiger partial charge in [-0.15, -0.1) is 0 Å². The fourth-order valence-electron chi connectivity index (χ4n) is 0. The van der Waals surface area contributed by atoms with Gasteiger partial charge in [-0.25, -0.2) is 9.59 Å². The minimum Gasteiger partial charge on any atom is -0.473 e. The number of hydrogen-bond donors (Lipinski definition) is 2. The summed E-state index contributed by atoms with van der Waals surface area (Å²) >= 11 is 0. The Balaban J connectivity index is 0. The van der Waals surface area contributed by atoms with Gasteiger partial charge in [-0.2, -0.15) is 0 Å². The molecule has 0 amide bonds. The Kier molecular flexibility index (Phi) is 9.29. The molecule has 4 heteroatoms. The normalized spacial score (nSPS) is 7.40. The summed E-state index contributed by atoms with van der Waals surface area (Å²) in [5.41, 5.74) is 0. The number of rotatable bonds is 1. The molecule has 0 aliphatic carbocycles. The quantitative estimate of drug-likeness (QED) is 0.543. The van der Waals surface area contributed by atoms with E-state index in [1.54, 1.807) is 0 Å². The fraction of sp³-hybridized carbons (Fsp3) is 0.667. The summed E-state index contributed by atoms with van der Waals surface area (Å²) in [4.78, 5) is 18.2. The van der Waals surface area contributed by atoms with E-state index < -0.39 is 11.9 Å². The highest BCUT2D eigenvalue weighted by atomic mass is 16.4. The third kappa shape index (κ3) is 15.8. The van der Waals surface area contributed by atoms with Gasteiger partial charge in [0.2, 0.25) is 0 Å². The maximum Gasteiger partial charge on any atom is 0.414 e. The van der Waals surface area contributed by atoms with Crippen LogP contribution in [0.4, 0.5) is 0 Å². The third-order valence-corrected chi connectivity index (χ3v) is 0.683. The molecule has 0 atom stereocenters. The van der Waals surface area contributed by atoms with Gasteiger partial charge in [0.15, 0.2) is 0 Å². The Bertz CT molecular complexity index is 94.3. The predicted molar refractivity (Wildman–Crippen MR) is 35.9 cm³/mol. The Hall–Kier alpha value is -1.06. The molecule has 0 rings (SSSR count). The topological polar surface area (TPSA) is 74.6 Å². The number of hydrogen-bond acceptors (Lipinski definition) is 2. The van der Waals surface area contributed by atoms with Crippen LogP contribution < -0.4 is 0 Å². The Labute approximate surface area is 59.5 Å². The predicted octanol–water partition coefficient (Wildman–Crippen LogP) is 0.962. The highest BCUT2D eigenvalue weighted by Crippen LogP contribution is 1.76. The summed E-state index contributed by atoms with van der Waals surface area (Å²) in [5, 5.41) is 14.8. The lowest BCUT2D eigenvalue weighted by atomic mass is 10.4. The summed E-state index contributed by atoms with van der Waals surface area (Å²) in [5.74, 6) is -3.65. The summed E-state index contributed by atoms with van der Waals surface area (Å²) in [6.07, 6.45) is 2.64. The monoisotopic (exact) mass is 148 g/mol. The minimum absolute atomic E-state index is 1.32. The van der Waals surface area contributed by atoms with Gasteiger partial charge < -0.3 is 10.2 Å². The molecule has 0 heterocycles. The van der Waals surface area contributed by atoms with E-state index in [4.69, 9.17) is 19.8 Å². The lowest BCUT2D eigenvalue weighted by Crippen LogP contribution is -2.09. The van der Waals surface area contributed by atoms with Crippen molar-refractivity contribution in [3.05, 3.63) is 0 Å². The van der Waals surface area contributed by atoms with Gasteiger partial charge in [0.25, 0.3) is 0 Å². The highest BCUT2D eigenvalue weighted by Gasteiger charge is 2.04. The second-order valence-corrected chi connectivity index (χ2v) is 1.61. The van der Waals surface area contributed by atoms with Crippen LogP contribution in [0.25, 0.3) is 0 Å². The van der Waals surface area contributed by atoms with Crippen LogP contribution in [0.3, 0.4) is 0 Å². The van der Waals surface area contributed by atoms with Crippen molar-refractivity contribution in [3.63, 3.8) is 0 Å². The van der Waals surface area contributed by atoms with Gasteiger partial charge in [0, 0.05) is 0 Å². The maximum absolute atomic E-state index is 9.10. The molecule has 2 N–H and O–H groups in total. The molecule has 0 unspecified atom stereocenters. The van der Waals surface area contributed by atoms with E-state index in [9.17, 15) is 0 Å². The molecule has 10 heavy (non-hydrogen) atoms. The molecule has 0 saturated heterocycles. The smallest absolute Gasteiger partial charge is 0.414 e. The Morgan fingerprint density at radius 2 is 1.20 bits per heavy atom. The number of aliphatic carboxylic acids is 2. The fourth-order valence-corrected chi connectivity index (χ4v) is 0. The van der Waals surface area contributed by atoms with Crippen molar-refractivity contribution >= 4 is 11.9 Å². The van der Waals surface area contributed by atoms with Crippen LogP contribution in [0.5, 0.6) is 0 Å². The van der Waals surface area contributed by atoms with Gasteiger partial charge in [0.1, 0.15) is 0 Å². The van der Waals surface area contributed by atoms with Crippen LogP contribution in [0, 0.1) is 0 Å². The first-order chi connectivity index (χ1) is 4.56. The lowest BCUT2D eigenvalue weighted by Gasteiger charge is -1.72. The van der Waals surface area contributed by atoms with Crippen LogP contribution in [-0.2, 0) is 9.59 Å². The van der Waals surface area contributed by atoms with Crippen molar-refractivity contribution in [1.82, 2.24) is 0 Å². The van der Waals surface area contributed by atoms with Crippen LogP contribution in [0.2, 0.25) is 0 Å². The molecule has 0 spiro atoms. The maximum atomic E-state index is 9.10. The first kappa shape index (κ1) is 11.7. The Morgan fingerprint density at radius 1 is 1.00 bits per heavy atom. The number of carbonyl (C=O) groups is 2. The molecule has 0 aromatic heterocycles.